The van der Waals surface area contributed by atoms with Crippen molar-refractivity contribution in [1.29, 1.82) is 0 Å². The number of amides is 2. The van der Waals surface area contributed by atoms with Gasteiger partial charge >= 0.3 is 5.97 Å². The topological polar surface area (TPSA) is 97.0 Å². The van der Waals surface area contributed by atoms with Crippen LogP contribution in [0.2, 0.25) is 0 Å². The summed E-state index contributed by atoms with van der Waals surface area (Å²) in [6.45, 7) is 5.38. The maximum absolute atomic E-state index is 12.5. The lowest BCUT2D eigenvalue weighted by Gasteiger charge is -2.36. The molecule has 2 rings (SSSR count). The standard InChI is InChI=1S/C19H25N3O5S/c1-3-26-10-11-27-16(23)12-15-18(25)20-8-9-22(15)19(28)21-17(24)14-7-5-4-6-13(14)2/h4-7,15H,3,8-12H2,1-2H3,(H,20,25)(H,21,24,28). The molecule has 0 aromatic heterocycles. The second-order valence-electron chi connectivity index (χ2n) is 6.20. The van der Waals surface area contributed by atoms with Gasteiger partial charge in [-0.3, -0.25) is 19.7 Å². The fraction of sp³-hybridized carbons (Fsp3) is 0.474. The van der Waals surface area contributed by atoms with Crippen LogP contribution in [0.4, 0.5) is 0 Å². The highest BCUT2D eigenvalue weighted by Gasteiger charge is 2.34. The molecule has 1 atom stereocenters. The van der Waals surface area contributed by atoms with E-state index in [0.717, 1.165) is 5.56 Å². The van der Waals surface area contributed by atoms with E-state index < -0.39 is 12.0 Å². The first-order chi connectivity index (χ1) is 13.4. The predicted molar refractivity (Wildman–Crippen MR) is 107 cm³/mol. The average molecular weight is 407 g/mol. The molecule has 0 aliphatic carbocycles. The Hall–Kier alpha value is -2.52. The second-order valence-corrected chi connectivity index (χ2v) is 6.58. The molecule has 9 heteroatoms. The van der Waals surface area contributed by atoms with Crippen LogP contribution in [0.1, 0.15) is 29.3 Å². The van der Waals surface area contributed by atoms with Gasteiger partial charge in [0.2, 0.25) is 5.91 Å². The van der Waals surface area contributed by atoms with E-state index in [1.54, 1.807) is 17.0 Å². The van der Waals surface area contributed by atoms with Crippen molar-refractivity contribution in [2.75, 3.05) is 32.9 Å². The fourth-order valence-electron chi connectivity index (χ4n) is 2.80. The van der Waals surface area contributed by atoms with Gasteiger partial charge in [0.25, 0.3) is 5.91 Å². The number of carbonyl (C=O) groups is 3. The highest BCUT2D eigenvalue weighted by molar-refractivity contribution is 7.80. The number of nitrogens with zero attached hydrogens (tertiary/aromatic N) is 1. The lowest BCUT2D eigenvalue weighted by atomic mass is 10.1. The lowest BCUT2D eigenvalue weighted by Crippen LogP contribution is -2.60. The molecule has 152 valence electrons. The largest absolute Gasteiger partial charge is 0.463 e. The van der Waals surface area contributed by atoms with E-state index in [2.05, 4.69) is 10.6 Å². The van der Waals surface area contributed by atoms with Crippen LogP contribution in [0, 0.1) is 6.92 Å². The van der Waals surface area contributed by atoms with Gasteiger partial charge in [-0.05, 0) is 37.7 Å². The molecule has 1 aliphatic heterocycles. The molecular weight excluding hydrogens is 382 g/mol. The minimum Gasteiger partial charge on any atom is -0.463 e. The SMILES string of the molecule is CCOCCOC(=O)CC1C(=O)NCCN1C(=S)NC(=O)c1ccccc1C. The monoisotopic (exact) mass is 407 g/mol. The second kappa shape index (κ2) is 10.7. The number of rotatable bonds is 7. The number of carbonyl (C=O) groups excluding carboxylic acids is 3. The normalized spacial score (nSPS) is 16.3. The molecule has 1 heterocycles. The Morgan fingerprint density at radius 2 is 2.07 bits per heavy atom. The maximum Gasteiger partial charge on any atom is 0.308 e. The van der Waals surface area contributed by atoms with Gasteiger partial charge in [-0.2, -0.15) is 0 Å². The molecule has 0 saturated carbocycles. The summed E-state index contributed by atoms with van der Waals surface area (Å²) >= 11 is 5.34. The average Bonchev–Trinajstić information content (AvgIpc) is 2.67. The van der Waals surface area contributed by atoms with Gasteiger partial charge in [0.15, 0.2) is 5.11 Å². The number of esters is 1. The molecule has 28 heavy (non-hydrogen) atoms. The van der Waals surface area contributed by atoms with Gasteiger partial charge in [0, 0.05) is 25.3 Å². The number of aryl methyl sites for hydroxylation is 1. The fourth-order valence-corrected chi connectivity index (χ4v) is 3.11. The molecule has 8 nitrogen and oxygen atoms in total. The summed E-state index contributed by atoms with van der Waals surface area (Å²) in [5, 5.41) is 5.47. The van der Waals surface area contributed by atoms with E-state index in [0.29, 0.717) is 31.9 Å². The number of hydrogen-bond acceptors (Lipinski definition) is 6. The third-order valence-corrected chi connectivity index (χ3v) is 4.59. The van der Waals surface area contributed by atoms with Gasteiger partial charge in [-0.15, -0.1) is 0 Å². The van der Waals surface area contributed by atoms with Crippen molar-refractivity contribution in [3.05, 3.63) is 35.4 Å². The van der Waals surface area contributed by atoms with Gasteiger partial charge in [0.05, 0.1) is 13.0 Å². The Bertz CT molecular complexity index is 740. The summed E-state index contributed by atoms with van der Waals surface area (Å²) in [7, 11) is 0. The van der Waals surface area contributed by atoms with E-state index in [9.17, 15) is 14.4 Å². The molecule has 1 aromatic rings. The van der Waals surface area contributed by atoms with Crippen molar-refractivity contribution in [3.8, 4) is 0 Å². The molecular formula is C19H25N3O5S. The van der Waals surface area contributed by atoms with Crippen molar-refractivity contribution in [3.63, 3.8) is 0 Å². The van der Waals surface area contributed by atoms with E-state index >= 15 is 0 Å². The number of hydrogen-bond donors (Lipinski definition) is 2. The minimum absolute atomic E-state index is 0.107. The van der Waals surface area contributed by atoms with E-state index in [-0.39, 0.29) is 30.0 Å². The lowest BCUT2D eigenvalue weighted by molar-refractivity contribution is -0.148. The Balaban J connectivity index is 1.99. The van der Waals surface area contributed by atoms with Crippen LogP contribution in [0.25, 0.3) is 0 Å². The van der Waals surface area contributed by atoms with Gasteiger partial charge in [0.1, 0.15) is 12.6 Å². The minimum atomic E-state index is -0.835. The summed E-state index contributed by atoms with van der Waals surface area (Å²) < 4.78 is 10.2. The number of ether oxygens (including phenoxy) is 2. The van der Waals surface area contributed by atoms with Crippen LogP contribution >= 0.6 is 12.2 Å². The van der Waals surface area contributed by atoms with Crippen molar-refractivity contribution in [2.24, 2.45) is 0 Å². The van der Waals surface area contributed by atoms with Gasteiger partial charge < -0.3 is 19.7 Å². The summed E-state index contributed by atoms with van der Waals surface area (Å²) in [4.78, 5) is 38.4. The first-order valence-electron chi connectivity index (χ1n) is 9.12. The molecule has 1 saturated heterocycles. The highest BCUT2D eigenvalue weighted by Crippen LogP contribution is 2.12. The van der Waals surface area contributed by atoms with Crippen LogP contribution < -0.4 is 10.6 Å². The number of thiocarbonyl (C=S) groups is 1. The zero-order valence-corrected chi connectivity index (χ0v) is 16.8. The molecule has 1 fully saturated rings. The zero-order chi connectivity index (χ0) is 20.5. The smallest absolute Gasteiger partial charge is 0.308 e. The van der Waals surface area contributed by atoms with Crippen molar-refractivity contribution >= 4 is 35.1 Å². The number of nitrogens with one attached hydrogen (secondary N) is 2. The van der Waals surface area contributed by atoms with E-state index in [1.807, 2.05) is 26.0 Å². The summed E-state index contributed by atoms with van der Waals surface area (Å²) in [6, 6.07) is 6.29. The maximum atomic E-state index is 12.5. The molecule has 1 unspecified atom stereocenters. The highest BCUT2D eigenvalue weighted by atomic mass is 32.1. The molecule has 1 aliphatic rings. The first kappa shape index (κ1) is 21.8. The quantitative estimate of drug-likeness (QED) is 0.392. The Labute approximate surface area is 169 Å². The van der Waals surface area contributed by atoms with E-state index in [4.69, 9.17) is 21.7 Å². The van der Waals surface area contributed by atoms with Gasteiger partial charge in [-0.1, -0.05) is 18.2 Å². The van der Waals surface area contributed by atoms with Crippen LogP contribution in [0.5, 0.6) is 0 Å². The van der Waals surface area contributed by atoms with Crippen LogP contribution in [0.15, 0.2) is 24.3 Å². The van der Waals surface area contributed by atoms with Crippen molar-refractivity contribution in [2.45, 2.75) is 26.3 Å². The zero-order valence-electron chi connectivity index (χ0n) is 16.0. The summed E-state index contributed by atoms with van der Waals surface area (Å²) in [5.74, 6) is -1.22. The molecule has 0 spiro atoms. The van der Waals surface area contributed by atoms with Crippen molar-refractivity contribution in [1.82, 2.24) is 15.5 Å². The van der Waals surface area contributed by atoms with E-state index in [1.165, 1.54) is 0 Å². The number of piperazine rings is 1. The molecule has 2 N–H and O–H groups in total. The molecule has 2 amide bonds. The third-order valence-electron chi connectivity index (χ3n) is 4.26. The summed E-state index contributed by atoms with van der Waals surface area (Å²) in [6.07, 6.45) is -0.168. The molecule has 0 bridgehead atoms. The van der Waals surface area contributed by atoms with Crippen LogP contribution in [0.3, 0.4) is 0 Å². The van der Waals surface area contributed by atoms with Crippen LogP contribution in [-0.2, 0) is 19.1 Å². The summed E-state index contributed by atoms with van der Waals surface area (Å²) in [5.41, 5.74) is 1.31. The van der Waals surface area contributed by atoms with Crippen LogP contribution in [-0.4, -0.2) is 66.7 Å². The van der Waals surface area contributed by atoms with Gasteiger partial charge in [-0.25, -0.2) is 0 Å². The first-order valence-corrected chi connectivity index (χ1v) is 9.53. The molecule has 1 aromatic carbocycles. The van der Waals surface area contributed by atoms with Crippen molar-refractivity contribution < 1.29 is 23.9 Å². The predicted octanol–water partition coefficient (Wildman–Crippen LogP) is 0.780. The Morgan fingerprint density at radius 3 is 2.79 bits per heavy atom. The molecule has 0 radical (unpaired) electrons. The Morgan fingerprint density at radius 1 is 1.32 bits per heavy atom. The number of benzene rings is 1. The third kappa shape index (κ3) is 6.00. The Kier molecular flexibility index (Phi) is 8.34.